The van der Waals surface area contributed by atoms with Gasteiger partial charge in [0, 0.05) is 50.7 Å². The van der Waals surface area contributed by atoms with E-state index >= 15 is 0 Å². The van der Waals surface area contributed by atoms with E-state index in [9.17, 15) is 14.7 Å². The van der Waals surface area contributed by atoms with Crippen LogP contribution in [0.1, 0.15) is 16.8 Å². The van der Waals surface area contributed by atoms with Crippen LogP contribution in [0.5, 0.6) is 5.75 Å². The smallest absolute Gasteiger partial charge is 0.254 e. The first kappa shape index (κ1) is 19.5. The number of phenolic OH excluding ortho intramolecular Hbond substituents is 1. The van der Waals surface area contributed by atoms with E-state index in [1.807, 2.05) is 4.90 Å². The van der Waals surface area contributed by atoms with Crippen molar-refractivity contribution in [1.29, 1.82) is 0 Å². The Balaban J connectivity index is 0.00000225. The molecule has 138 valence electrons. The second kappa shape index (κ2) is 9.03. The molecule has 1 atom stereocenters. The van der Waals surface area contributed by atoms with Crippen LogP contribution in [0.2, 0.25) is 0 Å². The van der Waals surface area contributed by atoms with E-state index < -0.39 is 0 Å². The predicted molar refractivity (Wildman–Crippen MR) is 95.1 cm³/mol. The average Bonchev–Trinajstić information content (AvgIpc) is 2.62. The van der Waals surface area contributed by atoms with Crippen molar-refractivity contribution in [2.45, 2.75) is 12.5 Å². The first-order valence-corrected chi connectivity index (χ1v) is 8.30. The van der Waals surface area contributed by atoms with Crippen LogP contribution >= 0.6 is 12.4 Å². The number of benzene rings is 1. The number of ether oxygens (including phenoxy) is 1. The lowest BCUT2D eigenvalue weighted by Crippen LogP contribution is -2.52. The molecule has 0 spiro atoms. The molecule has 8 heteroatoms. The summed E-state index contributed by atoms with van der Waals surface area (Å²) < 4.78 is 5.37. The normalized spacial score (nSPS) is 20.7. The molecule has 7 nitrogen and oxygen atoms in total. The Morgan fingerprint density at radius 3 is 2.56 bits per heavy atom. The highest BCUT2D eigenvalue weighted by Crippen LogP contribution is 2.15. The molecule has 2 heterocycles. The summed E-state index contributed by atoms with van der Waals surface area (Å²) in [5, 5.41) is 12.8. The van der Waals surface area contributed by atoms with Crippen molar-refractivity contribution in [2.75, 3.05) is 45.9 Å². The summed E-state index contributed by atoms with van der Waals surface area (Å²) in [6.45, 7) is 4.14. The monoisotopic (exact) mass is 369 g/mol. The molecular weight excluding hydrogens is 346 g/mol. The van der Waals surface area contributed by atoms with Gasteiger partial charge in [0.1, 0.15) is 5.75 Å². The summed E-state index contributed by atoms with van der Waals surface area (Å²) in [7, 11) is 0. The van der Waals surface area contributed by atoms with E-state index in [4.69, 9.17) is 4.74 Å². The molecular formula is C17H24ClN3O4. The zero-order chi connectivity index (χ0) is 16.9. The average molecular weight is 370 g/mol. The Morgan fingerprint density at radius 1 is 1.20 bits per heavy atom. The zero-order valence-electron chi connectivity index (χ0n) is 14.0. The molecule has 2 amide bonds. The molecule has 0 aliphatic carbocycles. The highest BCUT2D eigenvalue weighted by molar-refractivity contribution is 5.94. The largest absolute Gasteiger partial charge is 0.508 e. The maximum atomic E-state index is 12.4. The predicted octanol–water partition coefficient (Wildman–Crippen LogP) is 0.477. The summed E-state index contributed by atoms with van der Waals surface area (Å²) in [6.07, 6.45) is 0.431. The summed E-state index contributed by atoms with van der Waals surface area (Å²) in [4.78, 5) is 28.3. The van der Waals surface area contributed by atoms with Crippen LogP contribution in [0, 0.1) is 0 Å². The minimum atomic E-state index is -0.111. The number of piperazine rings is 1. The molecule has 2 N–H and O–H groups in total. The topological polar surface area (TPSA) is 82.1 Å². The van der Waals surface area contributed by atoms with Crippen molar-refractivity contribution in [3.05, 3.63) is 29.8 Å². The van der Waals surface area contributed by atoms with Crippen LogP contribution in [0.15, 0.2) is 24.3 Å². The Morgan fingerprint density at radius 2 is 1.92 bits per heavy atom. The third kappa shape index (κ3) is 5.07. The number of carbonyl (C=O) groups excluding carboxylic acids is 2. The summed E-state index contributed by atoms with van der Waals surface area (Å²) >= 11 is 0. The molecule has 1 unspecified atom stereocenters. The Labute approximate surface area is 153 Å². The number of halogens is 1. The molecule has 25 heavy (non-hydrogen) atoms. The van der Waals surface area contributed by atoms with Gasteiger partial charge >= 0.3 is 0 Å². The van der Waals surface area contributed by atoms with Crippen LogP contribution in [-0.4, -0.2) is 78.7 Å². The van der Waals surface area contributed by atoms with E-state index in [1.54, 1.807) is 17.0 Å². The lowest BCUT2D eigenvalue weighted by Gasteiger charge is -2.36. The van der Waals surface area contributed by atoms with E-state index in [0.29, 0.717) is 51.4 Å². The lowest BCUT2D eigenvalue weighted by atomic mass is 10.1. The fraction of sp³-hybridized carbons (Fsp3) is 0.529. The summed E-state index contributed by atoms with van der Waals surface area (Å²) in [6, 6.07) is 6.43. The molecule has 2 fully saturated rings. The van der Waals surface area contributed by atoms with Crippen molar-refractivity contribution in [3.8, 4) is 5.75 Å². The summed E-state index contributed by atoms with van der Waals surface area (Å²) in [5.74, 6) is 0.0691. The number of hydrogen-bond donors (Lipinski definition) is 2. The van der Waals surface area contributed by atoms with Crippen LogP contribution < -0.4 is 5.32 Å². The van der Waals surface area contributed by atoms with Crippen molar-refractivity contribution >= 4 is 24.2 Å². The highest BCUT2D eigenvalue weighted by Gasteiger charge is 2.27. The Kier molecular flexibility index (Phi) is 7.04. The van der Waals surface area contributed by atoms with Gasteiger partial charge in [-0.3, -0.25) is 9.59 Å². The molecule has 0 bridgehead atoms. The Bertz CT molecular complexity index is 599. The Hall–Kier alpha value is -1.83. The number of morpholine rings is 1. The molecule has 2 saturated heterocycles. The number of rotatable bonds is 3. The number of aromatic hydroxyl groups is 1. The van der Waals surface area contributed by atoms with Crippen LogP contribution in [0.4, 0.5) is 0 Å². The van der Waals surface area contributed by atoms with Gasteiger partial charge in [-0.15, -0.1) is 12.4 Å². The van der Waals surface area contributed by atoms with Gasteiger partial charge in [0.25, 0.3) is 5.91 Å². The molecule has 1 aromatic rings. The maximum absolute atomic E-state index is 12.4. The van der Waals surface area contributed by atoms with Crippen molar-refractivity contribution < 1.29 is 19.4 Å². The quantitative estimate of drug-likeness (QED) is 0.809. The van der Waals surface area contributed by atoms with Gasteiger partial charge in [-0.25, -0.2) is 0 Å². The number of carbonyl (C=O) groups is 2. The SMILES string of the molecule is Cl.O=C(CC1COCCN1)N1CCN(C(=O)c2cccc(O)c2)CC1. The third-order valence-corrected chi connectivity index (χ3v) is 4.43. The van der Waals surface area contributed by atoms with Gasteiger partial charge < -0.3 is 25.0 Å². The van der Waals surface area contributed by atoms with E-state index in [1.165, 1.54) is 12.1 Å². The van der Waals surface area contributed by atoms with Gasteiger partial charge in [0.2, 0.25) is 5.91 Å². The van der Waals surface area contributed by atoms with Crippen molar-refractivity contribution in [3.63, 3.8) is 0 Å². The van der Waals surface area contributed by atoms with Crippen LogP contribution in [-0.2, 0) is 9.53 Å². The second-order valence-corrected chi connectivity index (χ2v) is 6.15. The van der Waals surface area contributed by atoms with Crippen molar-refractivity contribution in [2.24, 2.45) is 0 Å². The lowest BCUT2D eigenvalue weighted by molar-refractivity contribution is -0.133. The number of phenols is 1. The first-order chi connectivity index (χ1) is 11.6. The summed E-state index contributed by atoms with van der Waals surface area (Å²) in [5.41, 5.74) is 0.471. The number of nitrogens with zero attached hydrogens (tertiary/aromatic N) is 2. The number of hydrogen-bond acceptors (Lipinski definition) is 5. The number of nitrogens with one attached hydrogen (secondary N) is 1. The molecule has 0 aromatic heterocycles. The molecule has 2 aliphatic rings. The van der Waals surface area contributed by atoms with E-state index in [-0.39, 0.29) is 36.0 Å². The van der Waals surface area contributed by atoms with Gasteiger partial charge in [0.15, 0.2) is 0 Å². The van der Waals surface area contributed by atoms with Gasteiger partial charge in [-0.1, -0.05) is 6.07 Å². The van der Waals surface area contributed by atoms with Gasteiger partial charge in [0.05, 0.1) is 13.2 Å². The van der Waals surface area contributed by atoms with Crippen molar-refractivity contribution in [1.82, 2.24) is 15.1 Å². The minimum absolute atomic E-state index is 0. The molecule has 0 saturated carbocycles. The maximum Gasteiger partial charge on any atom is 0.254 e. The third-order valence-electron chi connectivity index (χ3n) is 4.43. The fourth-order valence-electron chi connectivity index (χ4n) is 3.07. The zero-order valence-corrected chi connectivity index (χ0v) is 14.8. The molecule has 3 rings (SSSR count). The number of amides is 2. The van der Waals surface area contributed by atoms with E-state index in [2.05, 4.69) is 5.32 Å². The fourth-order valence-corrected chi connectivity index (χ4v) is 3.07. The van der Waals surface area contributed by atoms with Crippen LogP contribution in [0.3, 0.4) is 0 Å². The minimum Gasteiger partial charge on any atom is -0.508 e. The van der Waals surface area contributed by atoms with E-state index in [0.717, 1.165) is 6.54 Å². The standard InChI is InChI=1S/C17H23N3O4.ClH/c21-15-3-1-2-13(10-15)17(23)20-7-5-19(6-8-20)16(22)11-14-12-24-9-4-18-14;/h1-3,10,14,18,21H,4-9,11-12H2;1H. The first-order valence-electron chi connectivity index (χ1n) is 8.30. The van der Waals surface area contributed by atoms with Gasteiger partial charge in [-0.05, 0) is 18.2 Å². The van der Waals surface area contributed by atoms with Crippen LogP contribution in [0.25, 0.3) is 0 Å². The highest BCUT2D eigenvalue weighted by atomic mass is 35.5. The second-order valence-electron chi connectivity index (χ2n) is 6.15. The molecule has 2 aliphatic heterocycles. The molecule has 0 radical (unpaired) electrons. The van der Waals surface area contributed by atoms with Gasteiger partial charge in [-0.2, -0.15) is 0 Å². The molecule has 1 aromatic carbocycles.